The van der Waals surface area contributed by atoms with E-state index in [0.717, 1.165) is 21.5 Å². The van der Waals surface area contributed by atoms with Crippen molar-refractivity contribution in [1.29, 1.82) is 0 Å². The number of para-hydroxylation sites is 1. The molecular weight excluding hydrogens is 236 g/mol. The van der Waals surface area contributed by atoms with E-state index < -0.39 is 12.0 Å². The first-order valence-corrected chi connectivity index (χ1v) is 6.24. The second-order valence-corrected chi connectivity index (χ2v) is 4.86. The third kappa shape index (κ3) is 1.72. The average molecular weight is 246 g/mol. The second-order valence-electron chi connectivity index (χ2n) is 3.85. The maximum Gasteiger partial charge on any atom is 0.329 e. The van der Waals surface area contributed by atoms with Gasteiger partial charge in [0.05, 0.1) is 0 Å². The molecule has 2 N–H and O–H groups in total. The maximum atomic E-state index is 10.9. The number of aliphatic carboxylic acids is 1. The van der Waals surface area contributed by atoms with Gasteiger partial charge in [0.25, 0.3) is 0 Å². The van der Waals surface area contributed by atoms with E-state index in [2.05, 4.69) is 9.98 Å². The molecule has 0 aliphatic carbocycles. The van der Waals surface area contributed by atoms with Crippen LogP contribution in [-0.2, 0) is 4.79 Å². The van der Waals surface area contributed by atoms with Crippen LogP contribution < -0.4 is 0 Å². The largest absolute Gasteiger partial charge is 0.480 e. The van der Waals surface area contributed by atoms with Gasteiger partial charge in [0, 0.05) is 28.4 Å². The summed E-state index contributed by atoms with van der Waals surface area (Å²) in [4.78, 5) is 18.3. The Labute approximate surface area is 102 Å². The van der Waals surface area contributed by atoms with Crippen LogP contribution >= 0.6 is 11.8 Å². The molecule has 1 unspecified atom stereocenters. The zero-order valence-corrected chi connectivity index (χ0v) is 9.70. The molecule has 0 radical (unpaired) electrons. The van der Waals surface area contributed by atoms with Gasteiger partial charge in [-0.15, -0.1) is 11.8 Å². The van der Waals surface area contributed by atoms with Gasteiger partial charge in [-0.1, -0.05) is 18.2 Å². The summed E-state index contributed by atoms with van der Waals surface area (Å²) in [6, 6.07) is 7.33. The van der Waals surface area contributed by atoms with Gasteiger partial charge in [0.1, 0.15) is 5.04 Å². The van der Waals surface area contributed by atoms with Crippen LogP contribution in [0.1, 0.15) is 5.56 Å². The molecule has 3 rings (SSSR count). The Hall–Kier alpha value is -1.75. The SMILES string of the molecule is O=C(O)C1CSC(c2c[nH]c3ccccc23)=N1. The van der Waals surface area contributed by atoms with Crippen LogP contribution in [0.15, 0.2) is 35.5 Å². The quantitative estimate of drug-likeness (QED) is 0.853. The summed E-state index contributed by atoms with van der Waals surface area (Å²) in [5.74, 6) is -0.336. The third-order valence-electron chi connectivity index (χ3n) is 2.76. The fourth-order valence-electron chi connectivity index (χ4n) is 1.90. The minimum Gasteiger partial charge on any atom is -0.480 e. The molecule has 1 aromatic heterocycles. The predicted octanol–water partition coefficient (Wildman–Crippen LogP) is 2.11. The summed E-state index contributed by atoms with van der Waals surface area (Å²) in [5, 5.41) is 10.8. The molecule has 0 saturated carbocycles. The van der Waals surface area contributed by atoms with Crippen molar-refractivity contribution in [2.45, 2.75) is 6.04 Å². The van der Waals surface area contributed by atoms with E-state index >= 15 is 0 Å². The first-order chi connectivity index (χ1) is 8.25. The molecule has 0 fully saturated rings. The molecule has 0 amide bonds. The average Bonchev–Trinajstić information content (AvgIpc) is 2.95. The van der Waals surface area contributed by atoms with E-state index in [-0.39, 0.29) is 0 Å². The van der Waals surface area contributed by atoms with Crippen molar-refractivity contribution in [3.05, 3.63) is 36.0 Å². The number of aromatic nitrogens is 1. The highest BCUT2D eigenvalue weighted by atomic mass is 32.2. The molecule has 0 saturated heterocycles. The third-order valence-corrected chi connectivity index (χ3v) is 3.84. The van der Waals surface area contributed by atoms with Gasteiger partial charge in [-0.2, -0.15) is 0 Å². The fourth-order valence-corrected chi connectivity index (χ4v) is 2.96. The number of fused-ring (bicyclic) bond motifs is 1. The van der Waals surface area contributed by atoms with Gasteiger partial charge in [-0.25, -0.2) is 4.79 Å². The Kier molecular flexibility index (Phi) is 2.40. The Bertz CT molecular complexity index is 618. The van der Waals surface area contributed by atoms with E-state index in [1.54, 1.807) is 0 Å². The van der Waals surface area contributed by atoms with Crippen molar-refractivity contribution in [2.75, 3.05) is 5.75 Å². The molecule has 86 valence electrons. The van der Waals surface area contributed by atoms with Gasteiger partial charge in [0.15, 0.2) is 6.04 Å². The highest BCUT2D eigenvalue weighted by Gasteiger charge is 2.26. The van der Waals surface area contributed by atoms with E-state index in [9.17, 15) is 4.79 Å². The van der Waals surface area contributed by atoms with Gasteiger partial charge < -0.3 is 10.1 Å². The van der Waals surface area contributed by atoms with Crippen LogP contribution in [0.4, 0.5) is 0 Å². The number of hydrogen-bond donors (Lipinski definition) is 2. The maximum absolute atomic E-state index is 10.9. The van der Waals surface area contributed by atoms with E-state index in [0.29, 0.717) is 5.75 Å². The number of carboxylic acid groups (broad SMARTS) is 1. The molecule has 0 spiro atoms. The lowest BCUT2D eigenvalue weighted by Crippen LogP contribution is -2.17. The topological polar surface area (TPSA) is 65.4 Å². The van der Waals surface area contributed by atoms with Gasteiger partial charge >= 0.3 is 5.97 Å². The molecule has 1 atom stereocenters. The number of benzene rings is 1. The number of carboxylic acids is 1. The monoisotopic (exact) mass is 246 g/mol. The molecule has 5 heteroatoms. The number of nitrogens with zero attached hydrogens (tertiary/aromatic N) is 1. The Morgan fingerprint density at radius 3 is 3.06 bits per heavy atom. The van der Waals surface area contributed by atoms with Gasteiger partial charge in [0.2, 0.25) is 0 Å². The van der Waals surface area contributed by atoms with Crippen molar-refractivity contribution >= 4 is 33.7 Å². The number of carbonyl (C=O) groups is 1. The lowest BCUT2D eigenvalue weighted by Gasteiger charge is -1.96. The van der Waals surface area contributed by atoms with Gasteiger partial charge in [-0.3, -0.25) is 4.99 Å². The van der Waals surface area contributed by atoms with Crippen molar-refractivity contribution in [3.8, 4) is 0 Å². The predicted molar refractivity (Wildman–Crippen MR) is 68.7 cm³/mol. The summed E-state index contributed by atoms with van der Waals surface area (Å²) >= 11 is 1.50. The molecular formula is C12H10N2O2S. The number of thioether (sulfide) groups is 1. The number of nitrogens with one attached hydrogen (secondary N) is 1. The number of hydrogen-bond acceptors (Lipinski definition) is 3. The van der Waals surface area contributed by atoms with Crippen LogP contribution in [0.25, 0.3) is 10.9 Å². The molecule has 4 nitrogen and oxygen atoms in total. The number of aliphatic imine (C=N–C) groups is 1. The van der Waals surface area contributed by atoms with Crippen LogP contribution in [0.3, 0.4) is 0 Å². The molecule has 2 aromatic rings. The molecule has 17 heavy (non-hydrogen) atoms. The Morgan fingerprint density at radius 1 is 1.47 bits per heavy atom. The van der Waals surface area contributed by atoms with Gasteiger partial charge in [-0.05, 0) is 6.07 Å². The fraction of sp³-hybridized carbons (Fsp3) is 0.167. The van der Waals surface area contributed by atoms with Crippen LogP contribution in [0, 0.1) is 0 Å². The van der Waals surface area contributed by atoms with Crippen LogP contribution in [0.2, 0.25) is 0 Å². The standard InChI is InChI=1S/C12H10N2O2S/c15-12(16)10-6-17-11(14-10)8-5-13-9-4-2-1-3-7(8)9/h1-5,10,13H,6H2,(H,15,16). The zero-order chi connectivity index (χ0) is 11.8. The number of aromatic amines is 1. The molecule has 0 bridgehead atoms. The molecule has 1 aliphatic heterocycles. The highest BCUT2D eigenvalue weighted by Crippen LogP contribution is 2.28. The van der Waals surface area contributed by atoms with Crippen LogP contribution in [-0.4, -0.2) is 32.9 Å². The first-order valence-electron chi connectivity index (χ1n) is 5.25. The smallest absolute Gasteiger partial charge is 0.329 e. The number of H-pyrrole nitrogens is 1. The highest BCUT2D eigenvalue weighted by molar-refractivity contribution is 8.14. The summed E-state index contributed by atoms with van der Waals surface area (Å²) < 4.78 is 0. The van der Waals surface area contributed by atoms with E-state index in [1.807, 2.05) is 30.5 Å². The second kappa shape index (κ2) is 3.92. The molecule has 2 heterocycles. The molecule has 1 aromatic carbocycles. The normalized spacial score (nSPS) is 19.5. The van der Waals surface area contributed by atoms with E-state index in [1.165, 1.54) is 11.8 Å². The lowest BCUT2D eigenvalue weighted by atomic mass is 10.2. The minimum absolute atomic E-state index is 0.518. The Morgan fingerprint density at radius 2 is 2.29 bits per heavy atom. The van der Waals surface area contributed by atoms with E-state index in [4.69, 9.17) is 5.11 Å². The van der Waals surface area contributed by atoms with Crippen molar-refractivity contribution in [2.24, 2.45) is 4.99 Å². The Balaban J connectivity index is 2.05. The van der Waals surface area contributed by atoms with Crippen molar-refractivity contribution < 1.29 is 9.90 Å². The van der Waals surface area contributed by atoms with Crippen LogP contribution in [0.5, 0.6) is 0 Å². The summed E-state index contributed by atoms with van der Waals surface area (Å²) in [5.41, 5.74) is 2.04. The van der Waals surface area contributed by atoms with Crippen molar-refractivity contribution in [1.82, 2.24) is 4.98 Å². The zero-order valence-electron chi connectivity index (χ0n) is 8.88. The summed E-state index contributed by atoms with van der Waals surface area (Å²) in [6.45, 7) is 0. The molecule has 1 aliphatic rings. The van der Waals surface area contributed by atoms with Crippen molar-refractivity contribution in [3.63, 3.8) is 0 Å². The number of rotatable bonds is 2. The lowest BCUT2D eigenvalue weighted by molar-refractivity contribution is -0.137. The minimum atomic E-state index is -0.854. The summed E-state index contributed by atoms with van der Waals surface area (Å²) in [7, 11) is 0. The summed E-state index contributed by atoms with van der Waals surface area (Å²) in [6.07, 6.45) is 1.89. The first kappa shape index (κ1) is 10.4.